The van der Waals surface area contributed by atoms with E-state index >= 15 is 0 Å². The number of carbonyl (C=O) groups excluding carboxylic acids is 2. The van der Waals surface area contributed by atoms with Gasteiger partial charge >= 0.3 is 0 Å². The van der Waals surface area contributed by atoms with E-state index in [1.54, 1.807) is 13.4 Å². The van der Waals surface area contributed by atoms with Gasteiger partial charge in [-0.05, 0) is 43.0 Å². The molecule has 1 N–H and O–H groups in total. The number of benzene rings is 2. The quantitative estimate of drug-likeness (QED) is 0.569. The normalized spacial score (nSPS) is 18.8. The third kappa shape index (κ3) is 4.99. The molecule has 2 aromatic carbocycles. The molecule has 2 aliphatic heterocycles. The van der Waals surface area contributed by atoms with E-state index in [4.69, 9.17) is 9.47 Å². The number of piperidine rings is 1. The van der Waals surface area contributed by atoms with Gasteiger partial charge in [0.05, 0.1) is 38.3 Å². The first-order chi connectivity index (χ1) is 17.5. The van der Waals surface area contributed by atoms with Gasteiger partial charge in [0.2, 0.25) is 5.91 Å². The summed E-state index contributed by atoms with van der Waals surface area (Å²) >= 11 is 0. The molecule has 0 bridgehead atoms. The molecule has 0 spiro atoms. The van der Waals surface area contributed by atoms with Crippen molar-refractivity contribution in [3.05, 3.63) is 83.4 Å². The number of rotatable bonds is 6. The lowest BCUT2D eigenvalue weighted by Gasteiger charge is -2.32. The minimum Gasteiger partial charge on any atom is -0.497 e. The van der Waals surface area contributed by atoms with Crippen molar-refractivity contribution in [2.45, 2.75) is 45.1 Å². The lowest BCUT2D eigenvalue weighted by molar-refractivity contribution is -0.127. The Bertz CT molecular complexity index is 1200. The maximum absolute atomic E-state index is 13.3. The smallest absolute Gasteiger partial charge is 0.274 e. The molecule has 1 saturated heterocycles. The Kier molecular flexibility index (Phi) is 7.04. The number of aromatic nitrogens is 2. The van der Waals surface area contributed by atoms with Crippen molar-refractivity contribution in [2.75, 3.05) is 20.2 Å². The first-order valence-electron chi connectivity index (χ1n) is 12.5. The minimum absolute atomic E-state index is 0.0443. The number of amides is 2. The highest BCUT2D eigenvalue weighted by atomic mass is 16.5. The van der Waals surface area contributed by atoms with Crippen LogP contribution in [0.3, 0.4) is 0 Å². The molecule has 188 valence electrons. The average molecular weight is 489 g/mol. The van der Waals surface area contributed by atoms with Gasteiger partial charge in [-0.1, -0.05) is 42.5 Å². The fourth-order valence-electron chi connectivity index (χ4n) is 4.98. The van der Waals surface area contributed by atoms with Gasteiger partial charge in [0.1, 0.15) is 11.9 Å². The summed E-state index contributed by atoms with van der Waals surface area (Å²) in [6, 6.07) is 17.7. The Labute approximate surface area is 211 Å². The summed E-state index contributed by atoms with van der Waals surface area (Å²) in [5, 5.41) is 3.12. The number of nitrogens with one attached hydrogen (secondary N) is 1. The van der Waals surface area contributed by atoms with Crippen LogP contribution in [0, 0.1) is 5.92 Å². The van der Waals surface area contributed by atoms with E-state index in [-0.39, 0.29) is 29.9 Å². The number of likely N-dealkylation sites (tertiary alicyclic amines) is 1. The van der Waals surface area contributed by atoms with Crippen molar-refractivity contribution >= 4 is 11.8 Å². The highest BCUT2D eigenvalue weighted by Crippen LogP contribution is 2.30. The molecule has 0 unspecified atom stereocenters. The lowest BCUT2D eigenvalue weighted by Crippen LogP contribution is -2.43. The second-order valence-electron chi connectivity index (χ2n) is 9.47. The fraction of sp³-hybridized carbons (Fsp3) is 0.393. The zero-order valence-electron chi connectivity index (χ0n) is 20.7. The van der Waals surface area contributed by atoms with Crippen LogP contribution in [0.25, 0.3) is 0 Å². The van der Waals surface area contributed by atoms with E-state index in [9.17, 15) is 9.59 Å². The zero-order chi connectivity index (χ0) is 25.1. The molecule has 2 amide bonds. The number of nitrogens with zero attached hydrogens (tertiary/aromatic N) is 3. The average Bonchev–Trinajstić information content (AvgIpc) is 3.36. The monoisotopic (exact) mass is 488 g/mol. The standard InChI is InChI=1S/C28H32N4O4/c1-19(20-6-4-3-5-7-20)30-27(33)22-12-14-31(15-13-22)28(34)26-24-17-36-25(16-32(24)18-29-26)21-8-10-23(35-2)11-9-21/h3-11,18-19,22,25H,12-17H2,1-2H3,(H,30,33)/t19-,25+/m0/s1. The molecular formula is C28H32N4O4. The highest BCUT2D eigenvalue weighted by Gasteiger charge is 2.32. The topological polar surface area (TPSA) is 85.7 Å². The molecule has 8 nitrogen and oxygen atoms in total. The third-order valence-corrected chi connectivity index (χ3v) is 7.23. The van der Waals surface area contributed by atoms with E-state index in [1.807, 2.05) is 71.0 Å². The summed E-state index contributed by atoms with van der Waals surface area (Å²) in [4.78, 5) is 32.3. The van der Waals surface area contributed by atoms with Crippen molar-refractivity contribution in [1.82, 2.24) is 19.8 Å². The van der Waals surface area contributed by atoms with Crippen molar-refractivity contribution in [3.63, 3.8) is 0 Å². The second kappa shape index (κ2) is 10.5. The predicted octanol–water partition coefficient (Wildman–Crippen LogP) is 3.89. The number of fused-ring (bicyclic) bond motifs is 1. The van der Waals surface area contributed by atoms with Gasteiger partial charge in [-0.3, -0.25) is 9.59 Å². The van der Waals surface area contributed by atoms with Crippen LogP contribution in [0.4, 0.5) is 0 Å². The van der Waals surface area contributed by atoms with Crippen molar-refractivity contribution in [3.8, 4) is 5.75 Å². The number of ether oxygens (including phenoxy) is 2. The minimum atomic E-state index is -0.104. The third-order valence-electron chi connectivity index (χ3n) is 7.23. The van der Waals surface area contributed by atoms with E-state index in [2.05, 4.69) is 10.3 Å². The first kappa shape index (κ1) is 24.1. The van der Waals surface area contributed by atoms with E-state index < -0.39 is 0 Å². The molecule has 3 heterocycles. The first-order valence-corrected chi connectivity index (χ1v) is 12.5. The van der Waals surface area contributed by atoms with Crippen LogP contribution in [0.2, 0.25) is 0 Å². The van der Waals surface area contributed by atoms with E-state index in [0.717, 1.165) is 22.6 Å². The maximum Gasteiger partial charge on any atom is 0.274 e. The molecule has 1 fully saturated rings. The van der Waals surface area contributed by atoms with Crippen molar-refractivity contribution < 1.29 is 19.1 Å². The molecule has 1 aromatic heterocycles. The van der Waals surface area contributed by atoms with Gasteiger partial charge in [-0.25, -0.2) is 4.98 Å². The summed E-state index contributed by atoms with van der Waals surface area (Å²) in [7, 11) is 1.65. The van der Waals surface area contributed by atoms with Crippen LogP contribution in [0.5, 0.6) is 5.75 Å². The van der Waals surface area contributed by atoms with Gasteiger partial charge in [0, 0.05) is 19.0 Å². The molecule has 2 atom stereocenters. The van der Waals surface area contributed by atoms with Crippen LogP contribution >= 0.6 is 0 Å². The van der Waals surface area contributed by atoms with Crippen LogP contribution in [0.1, 0.15) is 59.2 Å². The SMILES string of the molecule is COc1ccc([C@H]2Cn3cnc(C(=O)N4CCC(C(=O)N[C@@H](C)c5ccccc5)CC4)c3CO2)cc1. The van der Waals surface area contributed by atoms with Gasteiger partial charge in [0.15, 0.2) is 5.69 Å². The molecule has 0 aliphatic carbocycles. The van der Waals surface area contributed by atoms with E-state index in [1.165, 1.54) is 0 Å². The summed E-state index contributed by atoms with van der Waals surface area (Å²) < 4.78 is 13.3. The molecular weight excluding hydrogens is 456 g/mol. The number of hydrogen-bond donors (Lipinski definition) is 1. The number of imidazole rings is 1. The second-order valence-corrected chi connectivity index (χ2v) is 9.47. The molecule has 0 saturated carbocycles. The molecule has 36 heavy (non-hydrogen) atoms. The van der Waals surface area contributed by atoms with Crippen LogP contribution < -0.4 is 10.1 Å². The van der Waals surface area contributed by atoms with Crippen LogP contribution in [0.15, 0.2) is 60.9 Å². The molecule has 0 radical (unpaired) electrons. The Morgan fingerprint density at radius 1 is 1.08 bits per heavy atom. The number of methoxy groups -OCH3 is 1. The van der Waals surface area contributed by atoms with Gasteiger partial charge in [0.25, 0.3) is 5.91 Å². The molecule has 3 aromatic rings. The highest BCUT2D eigenvalue weighted by molar-refractivity contribution is 5.93. The largest absolute Gasteiger partial charge is 0.497 e. The van der Waals surface area contributed by atoms with Crippen LogP contribution in [-0.2, 0) is 22.7 Å². The molecule has 5 rings (SSSR count). The lowest BCUT2D eigenvalue weighted by atomic mass is 9.95. The summed E-state index contributed by atoms with van der Waals surface area (Å²) in [6.45, 7) is 4.00. The molecule has 2 aliphatic rings. The zero-order valence-corrected chi connectivity index (χ0v) is 20.7. The summed E-state index contributed by atoms with van der Waals surface area (Å²) in [5.41, 5.74) is 3.40. The Balaban J connectivity index is 1.16. The van der Waals surface area contributed by atoms with Crippen molar-refractivity contribution in [2.24, 2.45) is 5.92 Å². The van der Waals surface area contributed by atoms with Crippen molar-refractivity contribution in [1.29, 1.82) is 0 Å². The number of hydrogen-bond acceptors (Lipinski definition) is 5. The Morgan fingerprint density at radius 3 is 2.50 bits per heavy atom. The number of carbonyl (C=O) groups is 2. The summed E-state index contributed by atoms with van der Waals surface area (Å²) in [5.74, 6) is 0.671. The maximum atomic E-state index is 13.3. The van der Waals surface area contributed by atoms with Crippen LogP contribution in [-0.4, -0.2) is 46.5 Å². The predicted molar refractivity (Wildman–Crippen MR) is 134 cm³/mol. The van der Waals surface area contributed by atoms with Gasteiger partial charge < -0.3 is 24.3 Å². The fourth-order valence-corrected chi connectivity index (χ4v) is 4.98. The summed E-state index contributed by atoms with van der Waals surface area (Å²) in [6.07, 6.45) is 2.91. The Hall–Kier alpha value is -3.65. The van der Waals surface area contributed by atoms with Gasteiger partial charge in [-0.2, -0.15) is 0 Å². The van der Waals surface area contributed by atoms with Gasteiger partial charge in [-0.15, -0.1) is 0 Å². The molecule has 8 heteroatoms. The van der Waals surface area contributed by atoms with E-state index in [0.29, 0.717) is 44.8 Å². The Morgan fingerprint density at radius 2 is 1.81 bits per heavy atom.